The summed E-state index contributed by atoms with van der Waals surface area (Å²) in [4.78, 5) is 25.6. The van der Waals surface area contributed by atoms with Crippen molar-refractivity contribution in [2.24, 2.45) is 0 Å². The molecular formula is C21H18N4O2S. The van der Waals surface area contributed by atoms with Crippen LogP contribution in [0.3, 0.4) is 0 Å². The molecule has 0 unspecified atom stereocenters. The predicted octanol–water partition coefficient (Wildman–Crippen LogP) is 4.35. The molecule has 0 spiro atoms. The number of aromatic nitrogens is 3. The maximum atomic E-state index is 12.9. The van der Waals surface area contributed by atoms with Crippen LogP contribution in [-0.2, 0) is 0 Å². The molecule has 28 heavy (non-hydrogen) atoms. The van der Waals surface area contributed by atoms with Crippen LogP contribution < -0.4 is 10.9 Å². The maximum Gasteiger partial charge on any atom is 0.277 e. The fraction of sp³-hybridized carbons (Fsp3) is 0.143. The van der Waals surface area contributed by atoms with Crippen LogP contribution >= 0.6 is 11.5 Å². The number of anilines is 1. The molecule has 6 nitrogen and oxygen atoms in total. The SMILES string of the molecule is CC(C)n1nc(C(=O)Nc2cc(-c3ccccc3)ns2)c2ccccc2c1=O. The Hall–Kier alpha value is -3.32. The van der Waals surface area contributed by atoms with Crippen molar-refractivity contribution in [1.29, 1.82) is 0 Å². The van der Waals surface area contributed by atoms with Crippen LogP contribution in [0, 0.1) is 0 Å². The Morgan fingerprint density at radius 2 is 1.71 bits per heavy atom. The van der Waals surface area contributed by atoms with Gasteiger partial charge in [0.15, 0.2) is 5.69 Å². The number of carbonyl (C=O) groups is 1. The van der Waals surface area contributed by atoms with Gasteiger partial charge in [0.25, 0.3) is 11.5 Å². The second-order valence-corrected chi connectivity index (χ2v) is 7.44. The number of benzene rings is 2. The second kappa shape index (κ2) is 7.36. The summed E-state index contributed by atoms with van der Waals surface area (Å²) >= 11 is 1.21. The number of carbonyl (C=O) groups excluding carboxylic acids is 1. The molecule has 0 aliphatic rings. The first-order valence-electron chi connectivity index (χ1n) is 8.89. The van der Waals surface area contributed by atoms with E-state index in [0.717, 1.165) is 11.3 Å². The number of hydrogen-bond donors (Lipinski definition) is 1. The third-order valence-electron chi connectivity index (χ3n) is 4.35. The monoisotopic (exact) mass is 390 g/mol. The van der Waals surface area contributed by atoms with Gasteiger partial charge in [0.05, 0.1) is 17.1 Å². The first-order chi connectivity index (χ1) is 13.5. The quantitative estimate of drug-likeness (QED) is 0.562. The molecule has 2 heterocycles. The summed E-state index contributed by atoms with van der Waals surface area (Å²) in [6, 6.07) is 18.5. The minimum atomic E-state index is -0.367. The average Bonchev–Trinajstić information content (AvgIpc) is 3.17. The molecule has 7 heteroatoms. The van der Waals surface area contributed by atoms with Crippen LogP contribution in [-0.4, -0.2) is 20.1 Å². The van der Waals surface area contributed by atoms with Crippen LogP contribution in [0.1, 0.15) is 30.4 Å². The van der Waals surface area contributed by atoms with E-state index in [2.05, 4.69) is 14.8 Å². The number of fused-ring (bicyclic) bond motifs is 1. The Labute approximate surface area is 165 Å². The van der Waals surface area contributed by atoms with Crippen molar-refractivity contribution >= 4 is 33.2 Å². The van der Waals surface area contributed by atoms with E-state index in [-0.39, 0.29) is 23.2 Å². The topological polar surface area (TPSA) is 76.9 Å². The minimum absolute atomic E-state index is 0.156. The number of rotatable bonds is 4. The van der Waals surface area contributed by atoms with Gasteiger partial charge in [-0.25, -0.2) is 4.68 Å². The highest BCUT2D eigenvalue weighted by Gasteiger charge is 2.18. The third kappa shape index (κ3) is 3.32. The Morgan fingerprint density at radius 1 is 1.04 bits per heavy atom. The van der Waals surface area contributed by atoms with E-state index >= 15 is 0 Å². The number of amides is 1. The summed E-state index contributed by atoms with van der Waals surface area (Å²) in [5.74, 6) is -0.367. The molecule has 0 radical (unpaired) electrons. The zero-order valence-electron chi connectivity index (χ0n) is 15.4. The van der Waals surface area contributed by atoms with Gasteiger partial charge in [-0.2, -0.15) is 9.47 Å². The van der Waals surface area contributed by atoms with Gasteiger partial charge in [-0.15, -0.1) is 0 Å². The highest BCUT2D eigenvalue weighted by atomic mass is 32.1. The van der Waals surface area contributed by atoms with Gasteiger partial charge in [-0.1, -0.05) is 48.5 Å². The van der Waals surface area contributed by atoms with Gasteiger partial charge in [0, 0.05) is 17.0 Å². The normalized spacial score (nSPS) is 11.1. The lowest BCUT2D eigenvalue weighted by Gasteiger charge is -2.13. The van der Waals surface area contributed by atoms with E-state index < -0.39 is 0 Å². The number of nitrogens with one attached hydrogen (secondary N) is 1. The van der Waals surface area contributed by atoms with Gasteiger partial charge in [-0.3, -0.25) is 9.59 Å². The van der Waals surface area contributed by atoms with E-state index in [1.807, 2.05) is 50.2 Å². The van der Waals surface area contributed by atoms with Crippen molar-refractivity contribution in [3.63, 3.8) is 0 Å². The lowest BCUT2D eigenvalue weighted by atomic mass is 10.1. The van der Waals surface area contributed by atoms with Crippen LogP contribution in [0.5, 0.6) is 0 Å². The van der Waals surface area contributed by atoms with Crippen molar-refractivity contribution in [1.82, 2.24) is 14.2 Å². The fourth-order valence-electron chi connectivity index (χ4n) is 2.97. The summed E-state index contributed by atoms with van der Waals surface area (Å²) in [6.07, 6.45) is 0. The van der Waals surface area contributed by atoms with Crippen LogP contribution in [0.4, 0.5) is 5.00 Å². The van der Waals surface area contributed by atoms with E-state index in [4.69, 9.17) is 0 Å². The molecule has 1 amide bonds. The van der Waals surface area contributed by atoms with Gasteiger partial charge in [0.2, 0.25) is 0 Å². The fourth-order valence-corrected chi connectivity index (χ4v) is 3.63. The molecule has 4 rings (SSSR count). The molecule has 0 aliphatic heterocycles. The van der Waals surface area contributed by atoms with E-state index in [1.54, 1.807) is 24.3 Å². The van der Waals surface area contributed by atoms with Crippen molar-refractivity contribution in [2.75, 3.05) is 5.32 Å². The zero-order chi connectivity index (χ0) is 19.7. The Kier molecular flexibility index (Phi) is 4.75. The predicted molar refractivity (Wildman–Crippen MR) is 112 cm³/mol. The molecule has 0 atom stereocenters. The van der Waals surface area contributed by atoms with Crippen molar-refractivity contribution < 1.29 is 4.79 Å². The van der Waals surface area contributed by atoms with Gasteiger partial charge >= 0.3 is 0 Å². The Morgan fingerprint density at radius 3 is 2.43 bits per heavy atom. The second-order valence-electron chi connectivity index (χ2n) is 6.63. The Balaban J connectivity index is 1.71. The average molecular weight is 390 g/mol. The van der Waals surface area contributed by atoms with Crippen LogP contribution in [0.15, 0.2) is 65.5 Å². The van der Waals surface area contributed by atoms with Crippen molar-refractivity contribution in [3.05, 3.63) is 76.7 Å². The third-order valence-corrected chi connectivity index (χ3v) is 5.05. The molecule has 0 bridgehead atoms. The minimum Gasteiger partial charge on any atom is -0.311 e. The molecule has 0 fully saturated rings. The standard InChI is InChI=1S/C21H18N4O2S/c1-13(2)25-21(27)16-11-7-6-10-15(16)19(23-25)20(26)22-18-12-17(24-28-18)14-8-4-3-5-9-14/h3-13H,1-2H3,(H,22,26). The molecule has 0 saturated carbocycles. The smallest absolute Gasteiger partial charge is 0.277 e. The van der Waals surface area contributed by atoms with Crippen LogP contribution in [0.2, 0.25) is 0 Å². The largest absolute Gasteiger partial charge is 0.311 e. The number of hydrogen-bond acceptors (Lipinski definition) is 5. The molecule has 140 valence electrons. The Bertz CT molecular complexity index is 1210. The van der Waals surface area contributed by atoms with E-state index in [0.29, 0.717) is 15.8 Å². The molecule has 2 aromatic carbocycles. The van der Waals surface area contributed by atoms with E-state index in [9.17, 15) is 9.59 Å². The van der Waals surface area contributed by atoms with Crippen molar-refractivity contribution in [3.8, 4) is 11.3 Å². The van der Waals surface area contributed by atoms with Gasteiger partial charge in [-0.05, 0) is 31.4 Å². The highest BCUT2D eigenvalue weighted by molar-refractivity contribution is 7.10. The molecule has 0 saturated heterocycles. The van der Waals surface area contributed by atoms with E-state index in [1.165, 1.54) is 16.2 Å². The molecule has 4 aromatic rings. The summed E-state index contributed by atoms with van der Waals surface area (Å²) < 4.78 is 5.75. The first kappa shape index (κ1) is 18.1. The molecule has 1 N–H and O–H groups in total. The van der Waals surface area contributed by atoms with Crippen molar-refractivity contribution in [2.45, 2.75) is 19.9 Å². The molecule has 0 aliphatic carbocycles. The number of nitrogens with zero attached hydrogens (tertiary/aromatic N) is 3. The molecule has 2 aromatic heterocycles. The maximum absolute atomic E-state index is 12.9. The first-order valence-corrected chi connectivity index (χ1v) is 9.67. The highest BCUT2D eigenvalue weighted by Crippen LogP contribution is 2.26. The van der Waals surface area contributed by atoms with Gasteiger partial charge in [0.1, 0.15) is 5.00 Å². The summed E-state index contributed by atoms with van der Waals surface area (Å²) in [5.41, 5.74) is 1.80. The lowest BCUT2D eigenvalue weighted by molar-refractivity contribution is 0.102. The van der Waals surface area contributed by atoms with Crippen LogP contribution in [0.25, 0.3) is 22.0 Å². The zero-order valence-corrected chi connectivity index (χ0v) is 16.2. The summed E-state index contributed by atoms with van der Waals surface area (Å²) in [5, 5.41) is 8.84. The summed E-state index contributed by atoms with van der Waals surface area (Å²) in [6.45, 7) is 3.72. The van der Waals surface area contributed by atoms with Gasteiger partial charge < -0.3 is 5.32 Å². The lowest BCUT2D eigenvalue weighted by Crippen LogP contribution is -2.28. The molecular weight excluding hydrogens is 372 g/mol. The summed E-state index contributed by atoms with van der Waals surface area (Å²) in [7, 11) is 0.